The van der Waals surface area contributed by atoms with Crippen molar-refractivity contribution in [1.29, 1.82) is 0 Å². The van der Waals surface area contributed by atoms with Gasteiger partial charge in [0.2, 0.25) is 0 Å². The Labute approximate surface area is 102 Å². The molecule has 0 bridgehead atoms. The van der Waals surface area contributed by atoms with Crippen LogP contribution in [0.2, 0.25) is 0 Å². The molecular weight excluding hydrogens is 210 g/mol. The topological polar surface area (TPSA) is 12.5 Å². The lowest BCUT2D eigenvalue weighted by Crippen LogP contribution is -2.15. The van der Waals surface area contributed by atoms with Crippen LogP contribution in [0.4, 0.5) is 11.4 Å². The third kappa shape index (κ3) is 2.59. The van der Waals surface area contributed by atoms with E-state index in [2.05, 4.69) is 36.1 Å². The summed E-state index contributed by atoms with van der Waals surface area (Å²) in [5.41, 5.74) is 2.30. The maximum absolute atomic E-state index is 5.25. The quantitative estimate of drug-likeness (QED) is 0.789. The summed E-state index contributed by atoms with van der Waals surface area (Å²) in [6.45, 7) is 3.05. The molecule has 0 atom stereocenters. The molecule has 0 aliphatic rings. The fraction of sp³-hybridized carbons (Fsp3) is 0.200. The van der Waals surface area contributed by atoms with Gasteiger partial charge in [-0.25, -0.2) is 0 Å². The minimum Gasteiger partial charge on any atom is -0.497 e. The fourth-order valence-corrected chi connectivity index (χ4v) is 1.85. The molecule has 2 aromatic carbocycles. The van der Waals surface area contributed by atoms with Gasteiger partial charge in [-0.15, -0.1) is 0 Å². The van der Waals surface area contributed by atoms with Crippen LogP contribution < -0.4 is 9.64 Å². The Kier molecular flexibility index (Phi) is 3.66. The van der Waals surface area contributed by atoms with Crippen molar-refractivity contribution in [2.75, 3.05) is 18.6 Å². The van der Waals surface area contributed by atoms with Crippen LogP contribution in [-0.2, 0) is 0 Å². The molecule has 2 rings (SSSR count). The van der Waals surface area contributed by atoms with Crippen LogP contribution in [0, 0.1) is 6.07 Å². The zero-order valence-electron chi connectivity index (χ0n) is 10.2. The van der Waals surface area contributed by atoms with Gasteiger partial charge in [-0.2, -0.15) is 0 Å². The summed E-state index contributed by atoms with van der Waals surface area (Å²) in [7, 11) is 1.69. The summed E-state index contributed by atoms with van der Waals surface area (Å²) in [5, 5.41) is 0. The third-order valence-electron chi connectivity index (χ3n) is 2.69. The van der Waals surface area contributed by atoms with Gasteiger partial charge in [0.15, 0.2) is 0 Å². The van der Waals surface area contributed by atoms with Crippen molar-refractivity contribution in [3.05, 3.63) is 54.6 Å². The third-order valence-corrected chi connectivity index (χ3v) is 2.69. The van der Waals surface area contributed by atoms with Gasteiger partial charge in [0.05, 0.1) is 7.11 Å². The van der Waals surface area contributed by atoms with Crippen molar-refractivity contribution in [3.8, 4) is 5.75 Å². The van der Waals surface area contributed by atoms with E-state index in [9.17, 15) is 0 Å². The number of hydrogen-bond acceptors (Lipinski definition) is 2. The van der Waals surface area contributed by atoms with Gasteiger partial charge in [-0.05, 0) is 37.3 Å². The highest BCUT2D eigenvalue weighted by Gasteiger charge is 2.06. The van der Waals surface area contributed by atoms with Gasteiger partial charge in [0.1, 0.15) is 5.75 Å². The molecule has 2 aromatic rings. The lowest BCUT2D eigenvalue weighted by Gasteiger charge is -2.23. The first kappa shape index (κ1) is 11.5. The summed E-state index contributed by atoms with van der Waals surface area (Å²) in [4.78, 5) is 2.23. The molecule has 0 heterocycles. The average molecular weight is 226 g/mol. The maximum Gasteiger partial charge on any atom is 0.120 e. The van der Waals surface area contributed by atoms with Crippen molar-refractivity contribution >= 4 is 11.4 Å². The number of hydrogen-bond donors (Lipinski definition) is 0. The van der Waals surface area contributed by atoms with Crippen LogP contribution in [0.1, 0.15) is 6.92 Å². The molecule has 0 aromatic heterocycles. The summed E-state index contributed by atoms with van der Waals surface area (Å²) in [6, 6.07) is 19.1. The molecule has 17 heavy (non-hydrogen) atoms. The van der Waals surface area contributed by atoms with Crippen LogP contribution in [0.5, 0.6) is 5.75 Å². The largest absolute Gasteiger partial charge is 0.497 e. The van der Waals surface area contributed by atoms with E-state index in [-0.39, 0.29) is 0 Å². The first-order chi connectivity index (χ1) is 8.35. The Hall–Kier alpha value is -1.96. The molecule has 0 aliphatic heterocycles. The number of benzene rings is 2. The van der Waals surface area contributed by atoms with E-state index < -0.39 is 0 Å². The first-order valence-electron chi connectivity index (χ1n) is 5.73. The molecule has 0 saturated carbocycles. The molecule has 87 valence electrons. The van der Waals surface area contributed by atoms with Gasteiger partial charge in [0, 0.05) is 24.0 Å². The van der Waals surface area contributed by atoms with Crippen molar-refractivity contribution in [3.63, 3.8) is 0 Å². The van der Waals surface area contributed by atoms with E-state index in [1.807, 2.05) is 30.3 Å². The molecular formula is C15H16NO. The molecule has 0 spiro atoms. The zero-order valence-corrected chi connectivity index (χ0v) is 10.2. The molecule has 0 N–H and O–H groups in total. The second kappa shape index (κ2) is 5.39. The number of anilines is 2. The minimum absolute atomic E-state index is 0.878. The Bertz CT molecular complexity index is 467. The van der Waals surface area contributed by atoms with E-state index in [1.54, 1.807) is 7.11 Å². The minimum atomic E-state index is 0.878. The molecule has 0 amide bonds. The van der Waals surface area contributed by atoms with Crippen molar-refractivity contribution in [2.24, 2.45) is 0 Å². The molecule has 2 heteroatoms. The smallest absolute Gasteiger partial charge is 0.120 e. The Balaban J connectivity index is 2.35. The van der Waals surface area contributed by atoms with Gasteiger partial charge in [-0.3, -0.25) is 0 Å². The van der Waals surface area contributed by atoms with E-state index in [0.717, 1.165) is 18.0 Å². The standard InChI is InChI=1S/C15H16NO/c1-3-16(13-8-5-4-6-9-13)14-10-7-11-15(12-14)17-2/h5-12H,3H2,1-2H3. The highest BCUT2D eigenvalue weighted by molar-refractivity contribution is 5.64. The van der Waals surface area contributed by atoms with Crippen LogP contribution in [0.15, 0.2) is 48.5 Å². The van der Waals surface area contributed by atoms with Crippen LogP contribution in [0.25, 0.3) is 0 Å². The molecule has 0 saturated heterocycles. The van der Waals surface area contributed by atoms with Gasteiger partial charge in [0.25, 0.3) is 0 Å². The summed E-state index contributed by atoms with van der Waals surface area (Å²) in [5.74, 6) is 0.878. The number of nitrogens with zero attached hydrogens (tertiary/aromatic N) is 1. The summed E-state index contributed by atoms with van der Waals surface area (Å²) in [6.07, 6.45) is 0. The Morgan fingerprint density at radius 1 is 1.12 bits per heavy atom. The predicted octanol–water partition coefficient (Wildman–Crippen LogP) is 3.65. The van der Waals surface area contributed by atoms with E-state index >= 15 is 0 Å². The number of methoxy groups -OCH3 is 1. The lowest BCUT2D eigenvalue weighted by molar-refractivity contribution is 0.415. The monoisotopic (exact) mass is 226 g/mol. The predicted molar refractivity (Wildman–Crippen MR) is 71.0 cm³/mol. The van der Waals surface area contributed by atoms with Crippen LogP contribution >= 0.6 is 0 Å². The second-order valence-electron chi connectivity index (χ2n) is 3.70. The van der Waals surface area contributed by atoms with Gasteiger partial charge < -0.3 is 9.64 Å². The van der Waals surface area contributed by atoms with Gasteiger partial charge in [-0.1, -0.05) is 18.2 Å². The summed E-state index contributed by atoms with van der Waals surface area (Å²) >= 11 is 0. The average Bonchev–Trinajstić information content (AvgIpc) is 2.41. The van der Waals surface area contributed by atoms with Crippen LogP contribution in [0.3, 0.4) is 0 Å². The number of rotatable bonds is 4. The second-order valence-corrected chi connectivity index (χ2v) is 3.70. The highest BCUT2D eigenvalue weighted by atomic mass is 16.5. The molecule has 0 fully saturated rings. The van der Waals surface area contributed by atoms with E-state index in [1.165, 1.54) is 5.69 Å². The maximum atomic E-state index is 5.25. The van der Waals surface area contributed by atoms with Gasteiger partial charge >= 0.3 is 0 Å². The SMILES string of the molecule is CCN(c1cc[c]cc1)c1cccc(OC)c1. The highest BCUT2D eigenvalue weighted by Crippen LogP contribution is 2.27. The first-order valence-corrected chi connectivity index (χ1v) is 5.73. The fourth-order valence-electron chi connectivity index (χ4n) is 1.85. The summed E-state index contributed by atoms with van der Waals surface area (Å²) < 4.78 is 5.25. The van der Waals surface area contributed by atoms with Crippen molar-refractivity contribution in [1.82, 2.24) is 0 Å². The molecule has 0 unspecified atom stereocenters. The zero-order chi connectivity index (χ0) is 12.1. The normalized spacial score (nSPS) is 10.0. The molecule has 0 aliphatic carbocycles. The number of ether oxygens (including phenoxy) is 1. The Morgan fingerprint density at radius 2 is 1.88 bits per heavy atom. The molecule has 2 nitrogen and oxygen atoms in total. The van der Waals surface area contributed by atoms with Crippen molar-refractivity contribution < 1.29 is 4.74 Å². The van der Waals surface area contributed by atoms with E-state index in [0.29, 0.717) is 0 Å². The lowest BCUT2D eigenvalue weighted by atomic mass is 10.2. The van der Waals surface area contributed by atoms with Crippen LogP contribution in [-0.4, -0.2) is 13.7 Å². The Morgan fingerprint density at radius 3 is 2.53 bits per heavy atom. The molecule has 1 radical (unpaired) electrons. The van der Waals surface area contributed by atoms with Crippen molar-refractivity contribution in [2.45, 2.75) is 6.92 Å². The van der Waals surface area contributed by atoms with E-state index in [4.69, 9.17) is 4.74 Å².